The Hall–Kier alpha value is -2.14. The van der Waals surface area contributed by atoms with Gasteiger partial charge in [-0.3, -0.25) is 4.57 Å². The van der Waals surface area contributed by atoms with Gasteiger partial charge >= 0.3 is 0 Å². The molecular formula is C11H8ClN5. The average Bonchev–Trinajstić information content (AvgIpc) is 2.64. The molecule has 5 nitrogen and oxygen atoms in total. The topological polar surface area (TPSA) is 69.6 Å². The largest absolute Gasteiger partial charge is 0.369 e. The molecule has 2 heterocycles. The van der Waals surface area contributed by atoms with Crippen LogP contribution in [0.5, 0.6) is 0 Å². The normalized spacial score (nSPS) is 10.9. The van der Waals surface area contributed by atoms with E-state index in [-0.39, 0.29) is 5.28 Å². The maximum atomic E-state index is 5.88. The molecule has 0 unspecified atom stereocenters. The molecular weight excluding hydrogens is 238 g/mol. The highest BCUT2D eigenvalue weighted by Crippen LogP contribution is 2.21. The lowest BCUT2D eigenvalue weighted by Crippen LogP contribution is -2.03. The zero-order valence-corrected chi connectivity index (χ0v) is 9.46. The van der Waals surface area contributed by atoms with Crippen molar-refractivity contribution in [1.82, 2.24) is 19.5 Å². The molecule has 0 bridgehead atoms. The van der Waals surface area contributed by atoms with E-state index in [2.05, 4.69) is 15.0 Å². The molecule has 0 spiro atoms. The zero-order chi connectivity index (χ0) is 11.8. The van der Waals surface area contributed by atoms with Gasteiger partial charge < -0.3 is 5.73 Å². The maximum Gasteiger partial charge on any atom is 0.224 e. The number of halogens is 1. The summed E-state index contributed by atoms with van der Waals surface area (Å²) in [5.74, 6) is 0.983. The maximum absolute atomic E-state index is 5.88. The van der Waals surface area contributed by atoms with Crippen LogP contribution in [0.4, 0.5) is 5.95 Å². The quantitative estimate of drug-likeness (QED) is 0.666. The Labute approximate surface area is 102 Å². The highest BCUT2D eigenvalue weighted by molar-refractivity contribution is 6.28. The van der Waals surface area contributed by atoms with Crippen molar-refractivity contribution in [2.24, 2.45) is 0 Å². The highest BCUT2D eigenvalue weighted by Gasteiger charge is 2.10. The molecule has 0 saturated heterocycles. The summed E-state index contributed by atoms with van der Waals surface area (Å²) in [7, 11) is 0. The number of fused-ring (bicyclic) bond motifs is 1. The molecule has 0 aliphatic rings. The van der Waals surface area contributed by atoms with Crippen molar-refractivity contribution in [1.29, 1.82) is 0 Å². The summed E-state index contributed by atoms with van der Waals surface area (Å²) in [4.78, 5) is 12.2. The average molecular weight is 246 g/mol. The number of aromatic nitrogens is 4. The molecule has 0 fully saturated rings. The van der Waals surface area contributed by atoms with Crippen molar-refractivity contribution < 1.29 is 0 Å². The number of anilines is 1. The number of rotatable bonds is 1. The Morgan fingerprint density at radius 3 is 2.76 bits per heavy atom. The molecule has 0 aliphatic heterocycles. The fourth-order valence-corrected chi connectivity index (χ4v) is 1.88. The molecule has 6 heteroatoms. The van der Waals surface area contributed by atoms with Gasteiger partial charge in [0.05, 0.1) is 11.0 Å². The van der Waals surface area contributed by atoms with Gasteiger partial charge in [0, 0.05) is 6.20 Å². The van der Waals surface area contributed by atoms with Crippen LogP contribution in [0.3, 0.4) is 0 Å². The van der Waals surface area contributed by atoms with Gasteiger partial charge in [0.15, 0.2) is 0 Å². The van der Waals surface area contributed by atoms with Crippen LogP contribution in [0.15, 0.2) is 36.5 Å². The number of nitrogens with two attached hydrogens (primary N) is 1. The number of nitrogen functional groups attached to an aromatic ring is 1. The van der Waals surface area contributed by atoms with Crippen LogP contribution in [-0.4, -0.2) is 19.5 Å². The third-order valence-corrected chi connectivity index (χ3v) is 2.61. The fraction of sp³-hybridized carbons (Fsp3) is 0. The Morgan fingerprint density at radius 2 is 1.94 bits per heavy atom. The molecule has 84 valence electrons. The molecule has 1 aromatic carbocycles. The SMILES string of the molecule is Nc1nc2ccccc2n1-c1ccnc(Cl)n1. The molecule has 3 rings (SSSR count). The van der Waals surface area contributed by atoms with Gasteiger partial charge in [0.1, 0.15) is 5.82 Å². The lowest BCUT2D eigenvalue weighted by atomic mass is 10.3. The number of imidazole rings is 1. The van der Waals surface area contributed by atoms with Gasteiger partial charge in [-0.1, -0.05) is 12.1 Å². The molecule has 0 atom stereocenters. The summed E-state index contributed by atoms with van der Waals surface area (Å²) in [6.45, 7) is 0. The molecule has 17 heavy (non-hydrogen) atoms. The summed E-state index contributed by atoms with van der Waals surface area (Å²) >= 11 is 5.77. The molecule has 2 aromatic heterocycles. The Bertz CT molecular complexity index is 691. The second-order valence-corrected chi connectivity index (χ2v) is 3.82. The van der Waals surface area contributed by atoms with E-state index in [9.17, 15) is 0 Å². The second kappa shape index (κ2) is 3.71. The van der Waals surface area contributed by atoms with E-state index >= 15 is 0 Å². The Kier molecular flexibility index (Phi) is 2.19. The van der Waals surface area contributed by atoms with E-state index in [4.69, 9.17) is 17.3 Å². The molecule has 0 saturated carbocycles. The van der Waals surface area contributed by atoms with E-state index in [0.717, 1.165) is 11.0 Å². The number of hydrogen-bond acceptors (Lipinski definition) is 4. The van der Waals surface area contributed by atoms with Gasteiger partial charge in [-0.05, 0) is 29.8 Å². The van der Waals surface area contributed by atoms with Crippen LogP contribution < -0.4 is 5.73 Å². The standard InChI is InChI=1S/C11H8ClN5/c12-10-14-6-5-9(16-10)17-8-4-2-1-3-7(8)15-11(17)13/h1-6H,(H2,13,15). The number of nitrogens with zero attached hydrogens (tertiary/aromatic N) is 4. The number of benzene rings is 1. The van der Waals surface area contributed by atoms with Gasteiger partial charge in [-0.15, -0.1) is 0 Å². The molecule has 2 N–H and O–H groups in total. The van der Waals surface area contributed by atoms with E-state index in [1.807, 2.05) is 24.3 Å². The van der Waals surface area contributed by atoms with E-state index < -0.39 is 0 Å². The van der Waals surface area contributed by atoms with E-state index in [0.29, 0.717) is 11.8 Å². The van der Waals surface area contributed by atoms with Crippen molar-refractivity contribution in [2.45, 2.75) is 0 Å². The number of para-hydroxylation sites is 2. The first-order valence-corrected chi connectivity index (χ1v) is 5.35. The Morgan fingerprint density at radius 1 is 1.12 bits per heavy atom. The summed E-state index contributed by atoms with van der Waals surface area (Å²) in [6.07, 6.45) is 1.58. The lowest BCUT2D eigenvalue weighted by Gasteiger charge is -2.04. The van der Waals surface area contributed by atoms with Crippen LogP contribution in [0.1, 0.15) is 0 Å². The van der Waals surface area contributed by atoms with E-state index in [1.54, 1.807) is 16.8 Å². The van der Waals surface area contributed by atoms with E-state index in [1.165, 1.54) is 0 Å². The monoisotopic (exact) mass is 245 g/mol. The predicted molar refractivity (Wildman–Crippen MR) is 66.1 cm³/mol. The van der Waals surface area contributed by atoms with Crippen LogP contribution in [0, 0.1) is 0 Å². The third kappa shape index (κ3) is 1.60. The lowest BCUT2D eigenvalue weighted by molar-refractivity contribution is 1.01. The highest BCUT2D eigenvalue weighted by atomic mass is 35.5. The van der Waals surface area contributed by atoms with Crippen molar-refractivity contribution in [2.75, 3.05) is 5.73 Å². The second-order valence-electron chi connectivity index (χ2n) is 3.48. The van der Waals surface area contributed by atoms with Gasteiger partial charge in [0.2, 0.25) is 11.2 Å². The minimum absolute atomic E-state index is 0.180. The fourth-order valence-electron chi connectivity index (χ4n) is 1.74. The van der Waals surface area contributed by atoms with Gasteiger partial charge in [-0.2, -0.15) is 4.98 Å². The first-order valence-electron chi connectivity index (χ1n) is 4.97. The van der Waals surface area contributed by atoms with Crippen molar-refractivity contribution in [3.8, 4) is 5.82 Å². The first kappa shape index (κ1) is 10.0. The summed E-state index contributed by atoms with van der Waals surface area (Å²) in [6, 6.07) is 9.38. The van der Waals surface area contributed by atoms with Gasteiger partial charge in [-0.25, -0.2) is 9.97 Å². The molecule has 3 aromatic rings. The van der Waals surface area contributed by atoms with Crippen LogP contribution in [0.25, 0.3) is 16.9 Å². The minimum Gasteiger partial charge on any atom is -0.369 e. The predicted octanol–water partition coefficient (Wildman–Crippen LogP) is 2.05. The van der Waals surface area contributed by atoms with Crippen molar-refractivity contribution >= 4 is 28.6 Å². The van der Waals surface area contributed by atoms with Gasteiger partial charge in [0.25, 0.3) is 0 Å². The minimum atomic E-state index is 0.180. The van der Waals surface area contributed by atoms with Crippen molar-refractivity contribution in [3.63, 3.8) is 0 Å². The third-order valence-electron chi connectivity index (χ3n) is 2.43. The summed E-state index contributed by atoms with van der Waals surface area (Å²) < 4.78 is 1.74. The number of hydrogen-bond donors (Lipinski definition) is 1. The smallest absolute Gasteiger partial charge is 0.224 e. The van der Waals surface area contributed by atoms with Crippen LogP contribution in [0.2, 0.25) is 5.28 Å². The van der Waals surface area contributed by atoms with Crippen LogP contribution in [-0.2, 0) is 0 Å². The molecule has 0 amide bonds. The van der Waals surface area contributed by atoms with Crippen LogP contribution >= 0.6 is 11.6 Å². The first-order chi connectivity index (χ1) is 8.25. The van der Waals surface area contributed by atoms with Crippen molar-refractivity contribution in [3.05, 3.63) is 41.8 Å². The molecule has 0 aliphatic carbocycles. The Balaban J connectivity index is 2.33. The summed E-state index contributed by atoms with van der Waals surface area (Å²) in [5, 5.41) is 0.180. The molecule has 0 radical (unpaired) electrons. The summed E-state index contributed by atoms with van der Waals surface area (Å²) in [5.41, 5.74) is 7.59. The zero-order valence-electron chi connectivity index (χ0n) is 8.71.